The third-order valence-corrected chi connectivity index (χ3v) is 3.83. The van der Waals surface area contributed by atoms with Gasteiger partial charge in [0, 0.05) is 9.26 Å². The number of nitrogens with one attached hydrogen (secondary N) is 1. The Balaban J connectivity index is 2.37. The molecule has 5 heteroatoms. The maximum Gasteiger partial charge on any atom is 0.137 e. The van der Waals surface area contributed by atoms with Crippen LogP contribution in [0, 0.1) is 16.3 Å². The van der Waals surface area contributed by atoms with E-state index in [0.717, 1.165) is 20.5 Å². The van der Waals surface area contributed by atoms with Crippen LogP contribution >= 0.6 is 38.5 Å². The largest absolute Gasteiger partial charge is 0.397 e. The van der Waals surface area contributed by atoms with Crippen molar-refractivity contribution >= 4 is 55.6 Å². The van der Waals surface area contributed by atoms with Crippen molar-refractivity contribution < 1.29 is 4.39 Å². The Morgan fingerprint density at radius 3 is 2.61 bits per heavy atom. The number of halogens is 3. The van der Waals surface area contributed by atoms with E-state index in [1.807, 2.05) is 25.1 Å². The van der Waals surface area contributed by atoms with Gasteiger partial charge in [-0.05, 0) is 81.3 Å². The number of hydrogen-bond donors (Lipinski definition) is 2. The second-order valence-electron chi connectivity index (χ2n) is 3.94. The summed E-state index contributed by atoms with van der Waals surface area (Å²) in [6.07, 6.45) is 0. The molecule has 0 aliphatic carbocycles. The maximum absolute atomic E-state index is 13.3. The monoisotopic (exact) mass is 420 g/mol. The van der Waals surface area contributed by atoms with Crippen molar-refractivity contribution in [3.05, 3.63) is 49.8 Å². The van der Waals surface area contributed by atoms with Crippen molar-refractivity contribution in [2.45, 2.75) is 6.92 Å². The topological polar surface area (TPSA) is 38.0 Å². The Morgan fingerprint density at radius 1 is 1.22 bits per heavy atom. The van der Waals surface area contributed by atoms with Gasteiger partial charge in [-0.3, -0.25) is 0 Å². The maximum atomic E-state index is 13.3. The molecular formula is C13H11BrFIN2. The van der Waals surface area contributed by atoms with E-state index in [0.29, 0.717) is 10.2 Å². The number of anilines is 3. The van der Waals surface area contributed by atoms with Gasteiger partial charge in [-0.25, -0.2) is 4.39 Å². The van der Waals surface area contributed by atoms with Gasteiger partial charge in [0.25, 0.3) is 0 Å². The standard InChI is InChI=1S/C13H11BrFIN2/c1-7-4-10(15)9(14)6-13(7)18-12-3-2-8(16)5-11(12)17/h2-6,18H,17H2,1H3. The van der Waals surface area contributed by atoms with Crippen molar-refractivity contribution in [3.8, 4) is 0 Å². The predicted octanol–water partition coefficient (Wildman–Crippen LogP) is 4.83. The van der Waals surface area contributed by atoms with E-state index in [4.69, 9.17) is 5.73 Å². The summed E-state index contributed by atoms with van der Waals surface area (Å²) in [5.74, 6) is -0.270. The number of aryl methyl sites for hydroxylation is 1. The quantitative estimate of drug-likeness (QED) is 0.539. The summed E-state index contributed by atoms with van der Waals surface area (Å²) in [4.78, 5) is 0. The molecule has 0 aromatic heterocycles. The van der Waals surface area contributed by atoms with Gasteiger partial charge in [0.1, 0.15) is 5.82 Å². The number of nitrogens with two attached hydrogens (primary N) is 1. The molecule has 2 aromatic carbocycles. The molecule has 0 saturated carbocycles. The number of rotatable bonds is 2. The van der Waals surface area contributed by atoms with Gasteiger partial charge in [0.2, 0.25) is 0 Å². The van der Waals surface area contributed by atoms with Crippen LogP contribution in [0.2, 0.25) is 0 Å². The average Bonchev–Trinajstić information content (AvgIpc) is 2.29. The van der Waals surface area contributed by atoms with Crippen molar-refractivity contribution in [2.75, 3.05) is 11.1 Å². The number of hydrogen-bond acceptors (Lipinski definition) is 2. The van der Waals surface area contributed by atoms with Crippen LogP contribution in [0.4, 0.5) is 21.5 Å². The zero-order valence-electron chi connectivity index (χ0n) is 9.60. The third kappa shape index (κ3) is 2.95. The van der Waals surface area contributed by atoms with Crippen LogP contribution in [-0.4, -0.2) is 0 Å². The van der Waals surface area contributed by atoms with E-state index in [-0.39, 0.29) is 5.82 Å². The number of benzene rings is 2. The van der Waals surface area contributed by atoms with Gasteiger partial charge in [-0.15, -0.1) is 0 Å². The second-order valence-corrected chi connectivity index (χ2v) is 6.04. The molecule has 0 heterocycles. The minimum atomic E-state index is -0.270. The first-order valence-corrected chi connectivity index (χ1v) is 7.12. The van der Waals surface area contributed by atoms with Gasteiger partial charge in [-0.1, -0.05) is 0 Å². The van der Waals surface area contributed by atoms with E-state index in [1.54, 1.807) is 6.07 Å². The Labute approximate surface area is 127 Å². The van der Waals surface area contributed by atoms with Crippen molar-refractivity contribution in [1.29, 1.82) is 0 Å². The lowest BCUT2D eigenvalue weighted by molar-refractivity contribution is 0.620. The van der Waals surface area contributed by atoms with Gasteiger partial charge in [-0.2, -0.15) is 0 Å². The average molecular weight is 421 g/mol. The first kappa shape index (κ1) is 13.6. The molecule has 0 bridgehead atoms. The van der Waals surface area contributed by atoms with E-state index < -0.39 is 0 Å². The summed E-state index contributed by atoms with van der Waals surface area (Å²) in [6, 6.07) is 8.95. The zero-order chi connectivity index (χ0) is 13.3. The Kier molecular flexibility index (Phi) is 4.11. The summed E-state index contributed by atoms with van der Waals surface area (Å²) in [5, 5.41) is 3.21. The molecule has 0 aliphatic rings. The Hall–Kier alpha value is -0.820. The second kappa shape index (κ2) is 5.44. The molecule has 0 radical (unpaired) electrons. The van der Waals surface area contributed by atoms with Crippen LogP contribution in [0.15, 0.2) is 34.8 Å². The summed E-state index contributed by atoms with van der Waals surface area (Å²) >= 11 is 5.38. The lowest BCUT2D eigenvalue weighted by Crippen LogP contribution is -1.99. The lowest BCUT2D eigenvalue weighted by Gasteiger charge is -2.13. The van der Waals surface area contributed by atoms with Gasteiger partial charge in [0.15, 0.2) is 0 Å². The minimum absolute atomic E-state index is 0.270. The SMILES string of the molecule is Cc1cc(F)c(Br)cc1Nc1ccc(I)cc1N. The fourth-order valence-corrected chi connectivity index (χ4v) is 2.43. The third-order valence-electron chi connectivity index (χ3n) is 2.55. The molecule has 0 spiro atoms. The molecule has 0 aliphatic heterocycles. The molecule has 2 nitrogen and oxygen atoms in total. The molecule has 2 rings (SSSR count). The van der Waals surface area contributed by atoms with Crippen molar-refractivity contribution in [1.82, 2.24) is 0 Å². The summed E-state index contributed by atoms with van der Waals surface area (Å²) in [6.45, 7) is 1.85. The highest BCUT2D eigenvalue weighted by Crippen LogP contribution is 2.29. The fraction of sp³-hybridized carbons (Fsp3) is 0.0769. The van der Waals surface area contributed by atoms with Gasteiger partial charge >= 0.3 is 0 Å². The normalized spacial score (nSPS) is 10.4. The number of nitrogen functional groups attached to an aromatic ring is 1. The minimum Gasteiger partial charge on any atom is -0.397 e. The van der Waals surface area contributed by atoms with Crippen molar-refractivity contribution in [2.24, 2.45) is 0 Å². The highest BCUT2D eigenvalue weighted by atomic mass is 127. The van der Waals surface area contributed by atoms with Crippen LogP contribution in [0.5, 0.6) is 0 Å². The molecule has 0 unspecified atom stereocenters. The van der Waals surface area contributed by atoms with E-state index in [9.17, 15) is 4.39 Å². The summed E-state index contributed by atoms with van der Waals surface area (Å²) < 4.78 is 14.8. The molecule has 0 fully saturated rings. The first-order chi connectivity index (χ1) is 8.47. The Morgan fingerprint density at radius 2 is 1.94 bits per heavy atom. The Bertz CT molecular complexity index is 602. The highest BCUT2D eigenvalue weighted by molar-refractivity contribution is 14.1. The molecule has 0 saturated heterocycles. The van der Waals surface area contributed by atoms with Gasteiger partial charge < -0.3 is 11.1 Å². The van der Waals surface area contributed by atoms with E-state index in [1.165, 1.54) is 6.07 Å². The molecule has 3 N–H and O–H groups in total. The van der Waals surface area contributed by atoms with Crippen LogP contribution in [0.1, 0.15) is 5.56 Å². The lowest BCUT2D eigenvalue weighted by atomic mass is 10.2. The highest BCUT2D eigenvalue weighted by Gasteiger charge is 2.07. The summed E-state index contributed by atoms with van der Waals surface area (Å²) in [7, 11) is 0. The summed E-state index contributed by atoms with van der Waals surface area (Å²) in [5.41, 5.74) is 9.08. The fourth-order valence-electron chi connectivity index (χ4n) is 1.57. The molecule has 0 atom stereocenters. The van der Waals surface area contributed by atoms with Crippen LogP contribution < -0.4 is 11.1 Å². The van der Waals surface area contributed by atoms with Crippen LogP contribution in [0.3, 0.4) is 0 Å². The molecule has 94 valence electrons. The smallest absolute Gasteiger partial charge is 0.137 e. The molecule has 18 heavy (non-hydrogen) atoms. The van der Waals surface area contributed by atoms with Crippen LogP contribution in [0.25, 0.3) is 0 Å². The van der Waals surface area contributed by atoms with E-state index >= 15 is 0 Å². The molecular weight excluding hydrogens is 410 g/mol. The predicted molar refractivity (Wildman–Crippen MR) is 85.7 cm³/mol. The van der Waals surface area contributed by atoms with Gasteiger partial charge in [0.05, 0.1) is 15.8 Å². The first-order valence-electron chi connectivity index (χ1n) is 5.25. The van der Waals surface area contributed by atoms with Crippen molar-refractivity contribution in [3.63, 3.8) is 0 Å². The van der Waals surface area contributed by atoms with E-state index in [2.05, 4.69) is 43.8 Å². The van der Waals surface area contributed by atoms with Crippen LogP contribution in [-0.2, 0) is 0 Å². The zero-order valence-corrected chi connectivity index (χ0v) is 13.3. The molecule has 2 aromatic rings. The molecule has 0 amide bonds.